The van der Waals surface area contributed by atoms with Crippen LogP contribution in [0.2, 0.25) is 0 Å². The van der Waals surface area contributed by atoms with Gasteiger partial charge in [0.25, 0.3) is 15.6 Å². The molecule has 0 radical (unpaired) electrons. The third-order valence-corrected chi connectivity index (χ3v) is 6.30. The number of carbonyl (C=O) groups is 1. The second kappa shape index (κ2) is 9.46. The van der Waals surface area contributed by atoms with E-state index >= 15 is 0 Å². The highest BCUT2D eigenvalue weighted by molar-refractivity contribution is 7.92. The highest BCUT2D eigenvalue weighted by Gasteiger charge is 2.20. The maximum absolute atomic E-state index is 12.8. The number of sulfonamides is 1. The van der Waals surface area contributed by atoms with Gasteiger partial charge in [-0.15, -0.1) is 5.10 Å². The zero-order valence-corrected chi connectivity index (χ0v) is 19.9. The van der Waals surface area contributed by atoms with Crippen molar-refractivity contribution in [2.75, 3.05) is 10.0 Å². The number of hydrogen-bond donors (Lipinski definition) is 2. The molecule has 0 saturated carbocycles. The first-order chi connectivity index (χ1) is 16.6. The molecule has 180 valence electrons. The zero-order valence-electron chi connectivity index (χ0n) is 19.1. The summed E-state index contributed by atoms with van der Waals surface area (Å²) in [5, 5.41) is 11.0. The highest BCUT2D eigenvalue weighted by Crippen LogP contribution is 2.18. The number of aromatic nitrogens is 6. The quantitative estimate of drug-likeness (QED) is 0.394. The number of carbonyl (C=O) groups excluding carboxylic acids is 1. The Hall–Kier alpha value is -4.39. The Morgan fingerprint density at radius 3 is 2.46 bits per heavy atom. The molecule has 0 fully saturated rings. The third-order valence-electron chi connectivity index (χ3n) is 4.93. The van der Waals surface area contributed by atoms with Crippen LogP contribution in [-0.4, -0.2) is 43.9 Å². The van der Waals surface area contributed by atoms with Crippen molar-refractivity contribution >= 4 is 27.4 Å². The molecule has 0 aliphatic carbocycles. The van der Waals surface area contributed by atoms with E-state index in [9.17, 15) is 18.0 Å². The number of nitrogens with zero attached hydrogens (tertiary/aromatic N) is 6. The van der Waals surface area contributed by atoms with Crippen molar-refractivity contribution < 1.29 is 13.2 Å². The Labute approximate surface area is 200 Å². The largest absolute Gasteiger partial charge is 0.324 e. The first-order valence-electron chi connectivity index (χ1n) is 10.5. The summed E-state index contributed by atoms with van der Waals surface area (Å²) in [5.74, 6) is 0.485. The average Bonchev–Trinajstić information content (AvgIpc) is 3.33. The predicted molar refractivity (Wildman–Crippen MR) is 128 cm³/mol. The van der Waals surface area contributed by atoms with Crippen molar-refractivity contribution in [2.24, 2.45) is 0 Å². The fraction of sp³-hybridized carbons (Fsp3) is 0.182. The van der Waals surface area contributed by atoms with Crippen molar-refractivity contribution in [3.8, 4) is 5.82 Å². The molecule has 0 aliphatic heterocycles. The zero-order chi connectivity index (χ0) is 25.2. The monoisotopic (exact) mass is 494 g/mol. The molecule has 12 nitrogen and oxygen atoms in total. The number of rotatable bonds is 7. The Kier molecular flexibility index (Phi) is 6.42. The van der Waals surface area contributed by atoms with Gasteiger partial charge in [0, 0.05) is 35.9 Å². The summed E-state index contributed by atoms with van der Waals surface area (Å²) in [6.07, 6.45) is 3.24. The van der Waals surface area contributed by atoms with E-state index in [2.05, 4.69) is 30.2 Å². The number of amides is 1. The molecule has 1 amide bonds. The van der Waals surface area contributed by atoms with E-state index in [-0.39, 0.29) is 10.7 Å². The summed E-state index contributed by atoms with van der Waals surface area (Å²) in [7, 11) is -3.90. The predicted octanol–water partition coefficient (Wildman–Crippen LogP) is 1.84. The van der Waals surface area contributed by atoms with Gasteiger partial charge in [0.1, 0.15) is 17.7 Å². The third kappa shape index (κ3) is 5.41. The maximum Gasteiger partial charge on any atom is 0.267 e. The lowest BCUT2D eigenvalue weighted by molar-refractivity contribution is -0.119. The van der Waals surface area contributed by atoms with Crippen LogP contribution in [0.3, 0.4) is 0 Å². The molecule has 0 unspecified atom stereocenters. The lowest BCUT2D eigenvalue weighted by Crippen LogP contribution is -2.33. The van der Waals surface area contributed by atoms with Crippen molar-refractivity contribution in [3.63, 3.8) is 0 Å². The molecule has 4 rings (SSSR count). The molecule has 1 aromatic carbocycles. The van der Waals surface area contributed by atoms with Crippen LogP contribution in [0.1, 0.15) is 24.5 Å². The van der Waals surface area contributed by atoms with Crippen LogP contribution >= 0.6 is 0 Å². The second-order valence-electron chi connectivity index (χ2n) is 7.66. The molecule has 2 N–H and O–H groups in total. The van der Waals surface area contributed by atoms with E-state index in [1.165, 1.54) is 54.1 Å². The summed E-state index contributed by atoms with van der Waals surface area (Å²) in [6.45, 7) is 4.94. The molecule has 0 spiro atoms. The number of aryl methyl sites for hydroxylation is 2. The Morgan fingerprint density at radius 1 is 1.06 bits per heavy atom. The SMILES string of the molecule is Cc1cc(NS(=O)(=O)c2ccc(NC(=O)[C@@H](C)n3nc(-n4cccn4)ccc3=O)cc2)nc(C)n1. The maximum atomic E-state index is 12.8. The lowest BCUT2D eigenvalue weighted by atomic mass is 10.2. The van der Waals surface area contributed by atoms with E-state index in [4.69, 9.17) is 0 Å². The van der Waals surface area contributed by atoms with Crippen LogP contribution in [0.4, 0.5) is 11.5 Å². The summed E-state index contributed by atoms with van der Waals surface area (Å²) in [4.78, 5) is 33.3. The highest BCUT2D eigenvalue weighted by atomic mass is 32.2. The topological polar surface area (TPSA) is 154 Å². The van der Waals surface area contributed by atoms with E-state index in [0.717, 1.165) is 4.68 Å². The van der Waals surface area contributed by atoms with Crippen molar-refractivity contribution in [1.82, 2.24) is 29.5 Å². The van der Waals surface area contributed by atoms with Crippen LogP contribution < -0.4 is 15.6 Å². The first-order valence-corrected chi connectivity index (χ1v) is 12.0. The number of anilines is 2. The van der Waals surface area contributed by atoms with E-state index < -0.39 is 27.5 Å². The normalized spacial score (nSPS) is 12.2. The molecule has 3 aromatic heterocycles. The van der Waals surface area contributed by atoms with Gasteiger partial charge in [-0.3, -0.25) is 14.3 Å². The standard InChI is InChI=1S/C22H22N8O4S/c1-14-13-19(25-16(3)24-14)28-35(33,34)18-7-5-17(6-8-18)26-22(32)15(2)30-21(31)10-9-20(27-30)29-12-4-11-23-29/h4-13,15H,1-3H3,(H,26,32)(H,24,25,28)/t15-/m1/s1. The lowest BCUT2D eigenvalue weighted by Gasteiger charge is -2.15. The van der Waals surface area contributed by atoms with E-state index in [1.807, 2.05) is 0 Å². The molecule has 0 saturated heterocycles. The summed E-state index contributed by atoms with van der Waals surface area (Å²) >= 11 is 0. The van der Waals surface area contributed by atoms with Crippen LogP contribution in [0.5, 0.6) is 0 Å². The Bertz CT molecular complexity index is 1510. The van der Waals surface area contributed by atoms with Crippen molar-refractivity contribution in [2.45, 2.75) is 31.7 Å². The van der Waals surface area contributed by atoms with Crippen LogP contribution in [0.15, 0.2) is 70.6 Å². The summed E-state index contributed by atoms with van der Waals surface area (Å²) in [5.41, 5.74) is 0.531. The number of hydrogen-bond acceptors (Lipinski definition) is 8. The van der Waals surface area contributed by atoms with Crippen molar-refractivity contribution in [1.29, 1.82) is 0 Å². The van der Waals surface area contributed by atoms with Gasteiger partial charge in [-0.2, -0.15) is 5.10 Å². The molecule has 35 heavy (non-hydrogen) atoms. The van der Waals surface area contributed by atoms with Gasteiger partial charge in [0.15, 0.2) is 5.82 Å². The van der Waals surface area contributed by atoms with Gasteiger partial charge >= 0.3 is 0 Å². The smallest absolute Gasteiger partial charge is 0.267 e. The van der Waals surface area contributed by atoms with Gasteiger partial charge < -0.3 is 5.32 Å². The van der Waals surface area contributed by atoms with Gasteiger partial charge in [-0.25, -0.2) is 27.7 Å². The first kappa shape index (κ1) is 23.8. The van der Waals surface area contributed by atoms with Gasteiger partial charge in [0.05, 0.1) is 4.90 Å². The minimum atomic E-state index is -3.90. The number of benzene rings is 1. The molecular formula is C22H22N8O4S. The molecule has 1 atom stereocenters. The Morgan fingerprint density at radius 2 is 1.80 bits per heavy atom. The molecular weight excluding hydrogens is 472 g/mol. The minimum absolute atomic E-state index is 0.0118. The second-order valence-corrected chi connectivity index (χ2v) is 9.34. The summed E-state index contributed by atoms with van der Waals surface area (Å²) < 4.78 is 30.4. The molecule has 3 heterocycles. The molecule has 4 aromatic rings. The van der Waals surface area contributed by atoms with Crippen LogP contribution in [0.25, 0.3) is 5.82 Å². The van der Waals surface area contributed by atoms with Gasteiger partial charge in [0.2, 0.25) is 5.91 Å². The Balaban J connectivity index is 1.48. The van der Waals surface area contributed by atoms with Gasteiger partial charge in [-0.05, 0) is 57.2 Å². The average molecular weight is 495 g/mol. The molecule has 0 bridgehead atoms. The van der Waals surface area contributed by atoms with Crippen LogP contribution in [0, 0.1) is 13.8 Å². The van der Waals surface area contributed by atoms with Crippen LogP contribution in [-0.2, 0) is 14.8 Å². The van der Waals surface area contributed by atoms with E-state index in [1.54, 1.807) is 32.3 Å². The van der Waals surface area contributed by atoms with Crippen molar-refractivity contribution in [3.05, 3.63) is 82.8 Å². The fourth-order valence-electron chi connectivity index (χ4n) is 3.26. The number of nitrogens with one attached hydrogen (secondary N) is 2. The minimum Gasteiger partial charge on any atom is -0.324 e. The van der Waals surface area contributed by atoms with E-state index in [0.29, 0.717) is 23.0 Å². The van der Waals surface area contributed by atoms with Gasteiger partial charge in [-0.1, -0.05) is 0 Å². The fourth-order valence-corrected chi connectivity index (χ4v) is 4.25. The summed E-state index contributed by atoms with van der Waals surface area (Å²) in [6, 6.07) is 10.7. The molecule has 0 aliphatic rings. The molecule has 13 heteroatoms.